The molecule has 0 bridgehead atoms. The molecule has 0 aliphatic carbocycles. The lowest BCUT2D eigenvalue weighted by Crippen LogP contribution is -2.46. The Labute approximate surface area is 324 Å². The van der Waals surface area contributed by atoms with Gasteiger partial charge >= 0.3 is 0 Å². The fraction of sp³-hybridized carbons (Fsp3) is 0.268. The Morgan fingerprint density at radius 2 is 1.58 bits per heavy atom. The molecule has 5 aromatic rings. The molecule has 1 aliphatic rings. The van der Waals surface area contributed by atoms with Gasteiger partial charge in [0.2, 0.25) is 0 Å². The van der Waals surface area contributed by atoms with Crippen molar-refractivity contribution in [1.29, 1.82) is 0 Å². The summed E-state index contributed by atoms with van der Waals surface area (Å²) >= 11 is 7.84. The number of nitro benzene ring substituents is 1. The van der Waals surface area contributed by atoms with Crippen molar-refractivity contribution >= 4 is 57.1 Å². The Balaban J connectivity index is 1.04. The van der Waals surface area contributed by atoms with E-state index in [4.69, 9.17) is 11.6 Å². The third-order valence-corrected chi connectivity index (χ3v) is 11.8. The summed E-state index contributed by atoms with van der Waals surface area (Å²) in [5.41, 5.74) is 5.79. The number of benzene rings is 5. The highest BCUT2D eigenvalue weighted by molar-refractivity contribution is 7.99. The van der Waals surface area contributed by atoms with Crippen LogP contribution in [-0.2, 0) is 17.5 Å². The summed E-state index contributed by atoms with van der Waals surface area (Å²) in [6.07, 6.45) is 0.810. The fourth-order valence-corrected chi connectivity index (χ4v) is 8.32. The van der Waals surface area contributed by atoms with E-state index in [2.05, 4.69) is 73.3 Å². The lowest BCUT2D eigenvalue weighted by molar-refractivity contribution is -0.384. The van der Waals surface area contributed by atoms with Crippen LogP contribution in [0.25, 0.3) is 11.1 Å². The van der Waals surface area contributed by atoms with E-state index in [0.29, 0.717) is 16.3 Å². The van der Waals surface area contributed by atoms with Crippen molar-refractivity contribution < 1.29 is 9.13 Å². The number of halogens is 1. The first-order valence-electron chi connectivity index (χ1n) is 17.7. The predicted molar refractivity (Wildman–Crippen MR) is 222 cm³/mol. The molecular weight excluding hydrogens is 724 g/mol. The fourth-order valence-electron chi connectivity index (χ4n) is 6.33. The topological polar surface area (TPSA) is 94.0 Å². The van der Waals surface area contributed by atoms with Crippen molar-refractivity contribution in [3.8, 4) is 11.1 Å². The average Bonchev–Trinajstić information content (AvgIpc) is 3.17. The van der Waals surface area contributed by atoms with E-state index in [-0.39, 0.29) is 11.7 Å². The van der Waals surface area contributed by atoms with Crippen LogP contribution in [0.1, 0.15) is 12.0 Å². The Bertz CT molecular complexity index is 1970. The third-order valence-electron chi connectivity index (χ3n) is 9.24. The number of anilines is 3. The number of piperazine rings is 1. The molecule has 0 radical (unpaired) electrons. The van der Waals surface area contributed by atoms with Gasteiger partial charge in [-0.2, -0.15) is 0 Å². The SMILES string of the molecule is CN(C)CC[C@H](CSc1ccccc1)Nc1ccc(S(=O)Nc2ccc(N3CCN(Cc4ccccc4-c4ccc(Cl)cc4)CC3)cc2)cc1[N+](=O)[O-]. The molecule has 12 heteroatoms. The maximum absolute atomic E-state index is 13.4. The number of hydrogen-bond donors (Lipinski definition) is 2. The summed E-state index contributed by atoms with van der Waals surface area (Å²) in [4.78, 5) is 20.2. The van der Waals surface area contributed by atoms with Crippen molar-refractivity contribution in [2.75, 3.05) is 67.5 Å². The maximum atomic E-state index is 13.4. The van der Waals surface area contributed by atoms with E-state index in [1.54, 1.807) is 23.9 Å². The van der Waals surface area contributed by atoms with Gasteiger partial charge < -0.3 is 19.8 Å². The van der Waals surface area contributed by atoms with Crippen LogP contribution in [0.15, 0.2) is 131 Å². The second kappa shape index (κ2) is 18.6. The summed E-state index contributed by atoms with van der Waals surface area (Å²) in [6, 6.07) is 39.3. The summed E-state index contributed by atoms with van der Waals surface area (Å²) in [7, 11) is 2.34. The molecule has 1 aliphatic heterocycles. The van der Waals surface area contributed by atoms with Gasteiger partial charge in [0.05, 0.1) is 9.82 Å². The minimum absolute atomic E-state index is 0.00546. The van der Waals surface area contributed by atoms with Crippen LogP contribution >= 0.6 is 23.4 Å². The monoisotopic (exact) mass is 768 g/mol. The molecule has 6 rings (SSSR count). The minimum Gasteiger partial charge on any atom is -0.376 e. The van der Waals surface area contributed by atoms with Gasteiger partial charge in [-0.15, -0.1) is 11.8 Å². The molecule has 5 aromatic carbocycles. The molecule has 0 spiro atoms. The molecule has 1 heterocycles. The largest absolute Gasteiger partial charge is 0.376 e. The maximum Gasteiger partial charge on any atom is 0.293 e. The van der Waals surface area contributed by atoms with Crippen LogP contribution in [0.4, 0.5) is 22.7 Å². The second-order valence-corrected chi connectivity index (χ2v) is 16.1. The first-order chi connectivity index (χ1) is 25.7. The first kappa shape index (κ1) is 38.3. The van der Waals surface area contributed by atoms with E-state index in [0.717, 1.165) is 67.0 Å². The molecule has 53 heavy (non-hydrogen) atoms. The normalized spacial score (nSPS) is 14.5. The summed E-state index contributed by atoms with van der Waals surface area (Å²) in [5.74, 6) is 0.746. The van der Waals surface area contributed by atoms with Gasteiger partial charge in [-0.1, -0.05) is 66.2 Å². The molecule has 0 amide bonds. The van der Waals surface area contributed by atoms with Crippen LogP contribution in [0.2, 0.25) is 5.02 Å². The van der Waals surface area contributed by atoms with Crippen molar-refractivity contribution in [3.63, 3.8) is 0 Å². The lowest BCUT2D eigenvalue weighted by atomic mass is 9.99. The lowest BCUT2D eigenvalue weighted by Gasteiger charge is -2.36. The van der Waals surface area contributed by atoms with Crippen LogP contribution < -0.4 is 14.9 Å². The Hall–Kier alpha value is -4.39. The van der Waals surface area contributed by atoms with E-state index in [9.17, 15) is 14.3 Å². The van der Waals surface area contributed by atoms with E-state index in [1.165, 1.54) is 22.8 Å². The number of rotatable bonds is 16. The minimum atomic E-state index is -1.69. The Kier molecular flexibility index (Phi) is 13.4. The highest BCUT2D eigenvalue weighted by Gasteiger charge is 2.22. The number of thioether (sulfide) groups is 1. The zero-order chi connectivity index (χ0) is 37.2. The van der Waals surface area contributed by atoms with Gasteiger partial charge in [0.15, 0.2) is 11.0 Å². The molecule has 1 fully saturated rings. The molecule has 2 N–H and O–H groups in total. The molecular formula is C41H45ClN6O3S2. The smallest absolute Gasteiger partial charge is 0.293 e. The zero-order valence-corrected chi connectivity index (χ0v) is 32.4. The van der Waals surface area contributed by atoms with Gasteiger partial charge in [0.1, 0.15) is 5.69 Å². The third kappa shape index (κ3) is 10.8. The molecule has 1 unspecified atom stereocenters. The van der Waals surface area contributed by atoms with E-state index >= 15 is 0 Å². The van der Waals surface area contributed by atoms with Crippen LogP contribution in [0.3, 0.4) is 0 Å². The molecule has 9 nitrogen and oxygen atoms in total. The van der Waals surface area contributed by atoms with E-state index < -0.39 is 15.9 Å². The van der Waals surface area contributed by atoms with Gasteiger partial charge in [-0.25, -0.2) is 4.21 Å². The Morgan fingerprint density at radius 1 is 0.887 bits per heavy atom. The van der Waals surface area contributed by atoms with E-state index in [1.807, 2.05) is 68.7 Å². The number of hydrogen-bond acceptors (Lipinski definition) is 8. The molecule has 0 saturated carbocycles. The van der Waals surface area contributed by atoms with Crippen LogP contribution in [-0.4, -0.2) is 77.5 Å². The van der Waals surface area contributed by atoms with Crippen molar-refractivity contribution in [1.82, 2.24) is 9.80 Å². The highest BCUT2D eigenvalue weighted by Crippen LogP contribution is 2.31. The Morgan fingerprint density at radius 3 is 2.28 bits per heavy atom. The van der Waals surface area contributed by atoms with Gasteiger partial charge in [-0.3, -0.25) is 15.0 Å². The second-order valence-electron chi connectivity index (χ2n) is 13.3. The van der Waals surface area contributed by atoms with Crippen LogP contribution in [0, 0.1) is 10.1 Å². The standard InChI is InChI=1S/C41H45ClN6O3S2/c1-45(2)23-22-35(30-52-37-9-4-3-5-10-37)43-40-21-20-38(28-41(40)48(49)50)53(51)44-34-16-18-36(19-17-34)47-26-24-46(25-27-47)29-32-8-6-7-11-39(32)31-12-14-33(42)15-13-31/h3-21,28,35,43-44H,22-27,29-30H2,1-2H3/t35-,53?/m1/s1. The van der Waals surface area contributed by atoms with Crippen molar-refractivity contribution in [2.24, 2.45) is 0 Å². The zero-order valence-electron chi connectivity index (χ0n) is 30.0. The van der Waals surface area contributed by atoms with Gasteiger partial charge in [0, 0.05) is 71.9 Å². The van der Waals surface area contributed by atoms with Gasteiger partial charge in [-0.05, 0) is 104 Å². The van der Waals surface area contributed by atoms with Crippen LogP contribution in [0.5, 0.6) is 0 Å². The van der Waals surface area contributed by atoms with Crippen molar-refractivity contribution in [2.45, 2.75) is 28.8 Å². The highest BCUT2D eigenvalue weighted by atomic mass is 35.5. The van der Waals surface area contributed by atoms with Gasteiger partial charge in [0.25, 0.3) is 5.69 Å². The summed E-state index contributed by atoms with van der Waals surface area (Å²) in [6.45, 7) is 5.37. The molecule has 276 valence electrons. The first-order valence-corrected chi connectivity index (χ1v) is 20.2. The summed E-state index contributed by atoms with van der Waals surface area (Å²) < 4.78 is 16.4. The average molecular weight is 769 g/mol. The number of nitrogens with zero attached hydrogens (tertiary/aromatic N) is 4. The summed E-state index contributed by atoms with van der Waals surface area (Å²) in [5, 5.41) is 16.3. The predicted octanol–water partition coefficient (Wildman–Crippen LogP) is 8.90. The molecule has 1 saturated heterocycles. The molecule has 2 atom stereocenters. The number of nitrogens with one attached hydrogen (secondary N) is 2. The quantitative estimate of drug-likeness (QED) is 0.0585. The van der Waals surface area contributed by atoms with Crippen molar-refractivity contribution in [3.05, 3.63) is 142 Å². The molecule has 0 aromatic heterocycles. The number of nitro groups is 1.